The van der Waals surface area contributed by atoms with Crippen molar-refractivity contribution >= 4 is 23.8 Å². The number of esters is 1. The van der Waals surface area contributed by atoms with E-state index in [-0.39, 0.29) is 0 Å². The van der Waals surface area contributed by atoms with Crippen LogP contribution in [0.5, 0.6) is 11.5 Å². The van der Waals surface area contributed by atoms with E-state index in [9.17, 15) is 9.59 Å². The van der Waals surface area contributed by atoms with Gasteiger partial charge in [-0.1, -0.05) is 0 Å². The molecule has 26 heavy (non-hydrogen) atoms. The number of methoxy groups -OCH3 is 2. The molecule has 0 amide bonds. The Morgan fingerprint density at radius 1 is 1.08 bits per heavy atom. The van der Waals surface area contributed by atoms with Crippen LogP contribution in [0, 0.1) is 0 Å². The molecule has 2 aromatic carbocycles. The first-order valence-electron chi connectivity index (χ1n) is 7.74. The van der Waals surface area contributed by atoms with Crippen LogP contribution in [0.25, 0.3) is 0 Å². The molecule has 0 bridgehead atoms. The molecule has 2 aromatic rings. The summed E-state index contributed by atoms with van der Waals surface area (Å²) in [5.74, 6) is -0.727. The van der Waals surface area contributed by atoms with E-state index in [0.29, 0.717) is 22.7 Å². The van der Waals surface area contributed by atoms with Gasteiger partial charge in [-0.25, -0.2) is 9.59 Å². The third-order valence-electron chi connectivity index (χ3n) is 3.49. The molecule has 0 unspecified atom stereocenters. The summed E-state index contributed by atoms with van der Waals surface area (Å²) >= 11 is 0. The molecule has 0 radical (unpaired) electrons. The van der Waals surface area contributed by atoms with Crippen molar-refractivity contribution in [1.29, 1.82) is 0 Å². The summed E-state index contributed by atoms with van der Waals surface area (Å²) < 4.78 is 15.2. The Labute approximate surface area is 150 Å². The minimum Gasteiger partial charge on any atom is -0.493 e. The molecule has 0 saturated carbocycles. The highest BCUT2D eigenvalue weighted by Gasteiger charge is 2.15. The molecule has 0 heterocycles. The standard InChI is InChI=1S/C19H19NO6/c1-12(18(21)22)26-16-9-4-13(10-17(16)24-2)11-20-15-7-5-14(6-8-15)19(23)25-3/h4-12H,1-3H3,(H,21,22)/t12-/m1/s1. The molecule has 0 aliphatic carbocycles. The van der Waals surface area contributed by atoms with Gasteiger partial charge in [0.05, 0.1) is 25.5 Å². The van der Waals surface area contributed by atoms with Gasteiger partial charge in [-0.2, -0.15) is 0 Å². The van der Waals surface area contributed by atoms with E-state index in [1.165, 1.54) is 21.1 Å². The number of carbonyl (C=O) groups is 2. The summed E-state index contributed by atoms with van der Waals surface area (Å²) in [7, 11) is 2.80. The Hall–Kier alpha value is -3.35. The third-order valence-corrected chi connectivity index (χ3v) is 3.49. The number of aliphatic imine (C=N–C) groups is 1. The van der Waals surface area contributed by atoms with Gasteiger partial charge in [0.1, 0.15) is 0 Å². The predicted octanol–water partition coefficient (Wildman–Crippen LogP) is 3.08. The van der Waals surface area contributed by atoms with E-state index in [4.69, 9.17) is 14.6 Å². The zero-order valence-electron chi connectivity index (χ0n) is 14.6. The van der Waals surface area contributed by atoms with Gasteiger partial charge in [0.2, 0.25) is 0 Å². The highest BCUT2D eigenvalue weighted by Crippen LogP contribution is 2.28. The molecule has 7 heteroatoms. The SMILES string of the molecule is COC(=O)c1ccc(N=Cc2ccc(O[C@H](C)C(=O)O)c(OC)c2)cc1. The molecule has 0 aliphatic heterocycles. The van der Waals surface area contributed by atoms with Crippen molar-refractivity contribution in [2.24, 2.45) is 4.99 Å². The zero-order valence-corrected chi connectivity index (χ0v) is 14.6. The number of carboxylic acids is 1. The van der Waals surface area contributed by atoms with Crippen molar-refractivity contribution in [3.8, 4) is 11.5 Å². The smallest absolute Gasteiger partial charge is 0.344 e. The lowest BCUT2D eigenvalue weighted by Gasteiger charge is -2.14. The van der Waals surface area contributed by atoms with Crippen molar-refractivity contribution in [3.05, 3.63) is 53.6 Å². The lowest BCUT2D eigenvalue weighted by Crippen LogP contribution is -2.23. The number of rotatable bonds is 7. The van der Waals surface area contributed by atoms with Gasteiger partial charge in [-0.05, 0) is 55.0 Å². The number of hydrogen-bond donors (Lipinski definition) is 1. The molecule has 0 saturated heterocycles. The zero-order chi connectivity index (χ0) is 19.1. The summed E-state index contributed by atoms with van der Waals surface area (Å²) in [6.45, 7) is 1.44. The van der Waals surface area contributed by atoms with E-state index in [2.05, 4.69) is 9.73 Å². The Bertz CT molecular complexity index is 813. The van der Waals surface area contributed by atoms with Crippen LogP contribution < -0.4 is 9.47 Å². The molecule has 2 rings (SSSR count). The van der Waals surface area contributed by atoms with Gasteiger partial charge in [0, 0.05) is 6.21 Å². The second kappa shape index (κ2) is 8.66. The van der Waals surface area contributed by atoms with Crippen LogP contribution in [0.2, 0.25) is 0 Å². The van der Waals surface area contributed by atoms with Crippen LogP contribution in [-0.2, 0) is 9.53 Å². The predicted molar refractivity (Wildman–Crippen MR) is 95.8 cm³/mol. The largest absolute Gasteiger partial charge is 0.493 e. The van der Waals surface area contributed by atoms with Gasteiger partial charge in [-0.15, -0.1) is 0 Å². The van der Waals surface area contributed by atoms with E-state index in [0.717, 1.165) is 5.56 Å². The monoisotopic (exact) mass is 357 g/mol. The van der Waals surface area contributed by atoms with E-state index in [1.54, 1.807) is 48.7 Å². The summed E-state index contributed by atoms with van der Waals surface area (Å²) in [4.78, 5) is 26.6. The molecule has 1 N–H and O–H groups in total. The van der Waals surface area contributed by atoms with Crippen LogP contribution in [0.4, 0.5) is 5.69 Å². The fourth-order valence-corrected chi connectivity index (χ4v) is 2.05. The van der Waals surface area contributed by atoms with E-state index in [1.807, 2.05) is 0 Å². The van der Waals surface area contributed by atoms with Crippen LogP contribution in [0.1, 0.15) is 22.8 Å². The maximum Gasteiger partial charge on any atom is 0.344 e. The molecule has 7 nitrogen and oxygen atoms in total. The molecule has 1 atom stereocenters. The molecular weight excluding hydrogens is 338 g/mol. The number of hydrogen-bond acceptors (Lipinski definition) is 6. The summed E-state index contributed by atoms with van der Waals surface area (Å²) in [5, 5.41) is 8.93. The van der Waals surface area contributed by atoms with Crippen molar-refractivity contribution < 1.29 is 28.9 Å². The number of carboxylic acid groups (broad SMARTS) is 1. The average Bonchev–Trinajstić information content (AvgIpc) is 2.66. The normalized spacial score (nSPS) is 11.8. The summed E-state index contributed by atoms with van der Waals surface area (Å²) in [5.41, 5.74) is 1.85. The number of carbonyl (C=O) groups excluding carboxylic acids is 1. The number of benzene rings is 2. The van der Waals surface area contributed by atoms with Crippen LogP contribution in [0.3, 0.4) is 0 Å². The van der Waals surface area contributed by atoms with Gasteiger partial charge < -0.3 is 19.3 Å². The minimum atomic E-state index is -1.06. The highest BCUT2D eigenvalue weighted by atomic mass is 16.5. The molecule has 0 fully saturated rings. The highest BCUT2D eigenvalue weighted by molar-refractivity contribution is 5.90. The topological polar surface area (TPSA) is 94.4 Å². The Kier molecular flexibility index (Phi) is 6.32. The fourth-order valence-electron chi connectivity index (χ4n) is 2.05. The number of ether oxygens (including phenoxy) is 3. The third kappa shape index (κ3) is 4.83. The summed E-state index contributed by atoms with van der Waals surface area (Å²) in [6, 6.07) is 11.7. The van der Waals surface area contributed by atoms with Crippen molar-refractivity contribution in [2.75, 3.05) is 14.2 Å². The lowest BCUT2D eigenvalue weighted by molar-refractivity contribution is -0.144. The Morgan fingerprint density at radius 3 is 2.35 bits per heavy atom. The van der Waals surface area contributed by atoms with E-state index < -0.39 is 18.0 Å². The first-order chi connectivity index (χ1) is 12.4. The van der Waals surface area contributed by atoms with Crippen molar-refractivity contribution in [2.45, 2.75) is 13.0 Å². The van der Waals surface area contributed by atoms with Crippen LogP contribution in [0.15, 0.2) is 47.5 Å². The van der Waals surface area contributed by atoms with Gasteiger partial charge in [0.15, 0.2) is 17.6 Å². The second-order valence-corrected chi connectivity index (χ2v) is 5.31. The Balaban J connectivity index is 2.15. The summed E-state index contributed by atoms with van der Waals surface area (Å²) in [6.07, 6.45) is 0.636. The molecular formula is C19H19NO6. The first kappa shape index (κ1) is 19.0. The molecule has 136 valence electrons. The maximum absolute atomic E-state index is 11.4. The van der Waals surface area contributed by atoms with Crippen molar-refractivity contribution in [1.82, 2.24) is 0 Å². The first-order valence-corrected chi connectivity index (χ1v) is 7.74. The molecule has 0 aromatic heterocycles. The van der Waals surface area contributed by atoms with Crippen molar-refractivity contribution in [3.63, 3.8) is 0 Å². The maximum atomic E-state index is 11.4. The average molecular weight is 357 g/mol. The quantitative estimate of drug-likeness (QED) is 0.604. The van der Waals surface area contributed by atoms with Gasteiger partial charge >= 0.3 is 11.9 Å². The second-order valence-electron chi connectivity index (χ2n) is 5.31. The molecule has 0 spiro atoms. The number of nitrogens with zero attached hydrogens (tertiary/aromatic N) is 1. The lowest BCUT2D eigenvalue weighted by atomic mass is 10.2. The number of aliphatic carboxylic acids is 1. The van der Waals surface area contributed by atoms with E-state index >= 15 is 0 Å². The fraction of sp³-hybridized carbons (Fsp3) is 0.211. The van der Waals surface area contributed by atoms with Crippen LogP contribution >= 0.6 is 0 Å². The van der Waals surface area contributed by atoms with Gasteiger partial charge in [-0.3, -0.25) is 4.99 Å². The Morgan fingerprint density at radius 2 is 1.77 bits per heavy atom. The molecule has 0 aliphatic rings. The minimum absolute atomic E-state index is 0.335. The van der Waals surface area contributed by atoms with Gasteiger partial charge in [0.25, 0.3) is 0 Å². The van der Waals surface area contributed by atoms with Crippen LogP contribution in [-0.4, -0.2) is 43.6 Å².